The Morgan fingerprint density at radius 3 is 2.27 bits per heavy atom. The van der Waals surface area contributed by atoms with Crippen molar-refractivity contribution in [3.8, 4) is 11.3 Å². The molecule has 1 N–H and O–H groups in total. The Kier molecular flexibility index (Phi) is 4.93. The zero-order valence-electron chi connectivity index (χ0n) is 12.0. The minimum atomic E-state index is -1.07. The van der Waals surface area contributed by atoms with Crippen LogP contribution in [0, 0.1) is 17.5 Å². The Morgan fingerprint density at radius 1 is 1.18 bits per heavy atom. The van der Waals surface area contributed by atoms with Crippen molar-refractivity contribution in [1.29, 1.82) is 0 Å². The predicted octanol–water partition coefficient (Wildman–Crippen LogP) is 3.33. The van der Waals surface area contributed by atoms with E-state index in [4.69, 9.17) is 11.6 Å². The minimum Gasteiger partial charge on any atom is -0.316 e. The van der Waals surface area contributed by atoms with Crippen LogP contribution in [0.3, 0.4) is 0 Å². The number of hydrogen-bond acceptors (Lipinski definition) is 2. The Hall–Kier alpha value is -1.79. The van der Waals surface area contributed by atoms with Gasteiger partial charge in [0, 0.05) is 25.2 Å². The monoisotopic (exact) mass is 330 g/mol. The highest BCUT2D eigenvalue weighted by molar-refractivity contribution is 6.30. The molecule has 118 valence electrons. The molecule has 0 aliphatic rings. The van der Waals surface area contributed by atoms with Crippen molar-refractivity contribution in [2.45, 2.75) is 20.0 Å². The molecular weight excluding hydrogens is 317 g/mol. The lowest BCUT2D eigenvalue weighted by atomic mass is 10.0. The fourth-order valence-corrected chi connectivity index (χ4v) is 2.61. The Morgan fingerprint density at radius 2 is 1.77 bits per heavy atom. The third-order valence-corrected chi connectivity index (χ3v) is 3.52. The van der Waals surface area contributed by atoms with E-state index in [9.17, 15) is 18.0 Å². The van der Waals surface area contributed by atoms with Crippen LogP contribution >= 0.6 is 11.6 Å². The molecule has 1 aromatic heterocycles. The molecule has 0 aliphatic heterocycles. The van der Waals surface area contributed by atoms with Gasteiger partial charge in [-0.15, -0.1) is 0 Å². The van der Waals surface area contributed by atoms with E-state index in [0.29, 0.717) is 17.7 Å². The van der Waals surface area contributed by atoms with E-state index in [1.807, 2.05) is 0 Å². The van der Waals surface area contributed by atoms with Crippen LogP contribution in [0.15, 0.2) is 23.0 Å². The first-order valence-electron chi connectivity index (χ1n) is 6.62. The van der Waals surface area contributed by atoms with E-state index in [1.165, 1.54) is 10.6 Å². The summed E-state index contributed by atoms with van der Waals surface area (Å²) in [5, 5.41) is 2.81. The summed E-state index contributed by atoms with van der Waals surface area (Å²) in [7, 11) is 1.65. The van der Waals surface area contributed by atoms with Crippen LogP contribution in [0.5, 0.6) is 0 Å². The van der Waals surface area contributed by atoms with Crippen LogP contribution in [0.4, 0.5) is 13.2 Å². The fraction of sp³-hybridized carbons (Fsp3) is 0.267. The zero-order chi connectivity index (χ0) is 16.4. The van der Waals surface area contributed by atoms with Gasteiger partial charge in [-0.05, 0) is 25.6 Å². The van der Waals surface area contributed by atoms with Gasteiger partial charge in [-0.2, -0.15) is 0 Å². The van der Waals surface area contributed by atoms with E-state index < -0.39 is 28.6 Å². The first kappa shape index (κ1) is 16.6. The molecule has 0 unspecified atom stereocenters. The van der Waals surface area contributed by atoms with Crippen molar-refractivity contribution in [2.75, 3.05) is 7.05 Å². The lowest BCUT2D eigenvalue weighted by Crippen LogP contribution is -2.25. The summed E-state index contributed by atoms with van der Waals surface area (Å²) < 4.78 is 42.5. The van der Waals surface area contributed by atoms with Crippen LogP contribution in [0.2, 0.25) is 5.02 Å². The molecule has 0 saturated carbocycles. The normalized spacial score (nSPS) is 11.0. The highest BCUT2D eigenvalue weighted by Crippen LogP contribution is 2.30. The van der Waals surface area contributed by atoms with Crippen LogP contribution in [0.25, 0.3) is 11.3 Å². The Labute approximate surface area is 130 Å². The van der Waals surface area contributed by atoms with Gasteiger partial charge < -0.3 is 9.88 Å². The number of hydrogen-bond donors (Lipinski definition) is 1. The molecule has 2 rings (SSSR count). The molecule has 0 aliphatic carbocycles. The third-order valence-electron chi connectivity index (χ3n) is 3.25. The second kappa shape index (κ2) is 6.54. The minimum absolute atomic E-state index is 0.0428. The van der Waals surface area contributed by atoms with Crippen molar-refractivity contribution in [2.24, 2.45) is 0 Å². The van der Waals surface area contributed by atoms with Crippen LogP contribution in [-0.4, -0.2) is 11.6 Å². The molecule has 1 aromatic carbocycles. The number of nitrogens with one attached hydrogen (secondary N) is 1. The van der Waals surface area contributed by atoms with Crippen LogP contribution in [0.1, 0.15) is 12.5 Å². The van der Waals surface area contributed by atoms with Gasteiger partial charge in [0.25, 0.3) is 5.56 Å². The van der Waals surface area contributed by atoms with Gasteiger partial charge in [-0.25, -0.2) is 13.2 Å². The van der Waals surface area contributed by atoms with Crippen LogP contribution in [-0.2, 0) is 13.1 Å². The maximum absolute atomic E-state index is 14.1. The number of nitrogens with zero attached hydrogens (tertiary/aromatic N) is 1. The van der Waals surface area contributed by atoms with E-state index >= 15 is 0 Å². The number of benzene rings is 1. The molecule has 7 heteroatoms. The molecule has 22 heavy (non-hydrogen) atoms. The van der Waals surface area contributed by atoms with Crippen molar-refractivity contribution < 1.29 is 13.2 Å². The van der Waals surface area contributed by atoms with Crippen LogP contribution < -0.4 is 10.9 Å². The van der Waals surface area contributed by atoms with Gasteiger partial charge in [-0.1, -0.05) is 11.6 Å². The summed E-state index contributed by atoms with van der Waals surface area (Å²) in [4.78, 5) is 12.1. The van der Waals surface area contributed by atoms with Gasteiger partial charge in [-0.3, -0.25) is 4.79 Å². The largest absolute Gasteiger partial charge is 0.316 e. The smallest absolute Gasteiger partial charge is 0.269 e. The molecule has 2 aromatic rings. The summed E-state index contributed by atoms with van der Waals surface area (Å²) >= 11 is 5.89. The number of aromatic nitrogens is 1. The molecule has 1 heterocycles. The van der Waals surface area contributed by atoms with Gasteiger partial charge in [0.2, 0.25) is 0 Å². The molecular formula is C15H14ClF3N2O. The number of pyridine rings is 1. The van der Waals surface area contributed by atoms with Crippen molar-refractivity contribution >= 4 is 11.6 Å². The average Bonchev–Trinajstić information content (AvgIpc) is 2.43. The highest BCUT2D eigenvalue weighted by Gasteiger charge is 2.21. The van der Waals surface area contributed by atoms with Crippen molar-refractivity contribution in [1.82, 2.24) is 9.88 Å². The fourth-order valence-electron chi connectivity index (χ4n) is 2.38. The summed E-state index contributed by atoms with van der Waals surface area (Å²) in [6.45, 7) is 2.07. The van der Waals surface area contributed by atoms with Gasteiger partial charge in [0.15, 0.2) is 0 Å². The maximum Gasteiger partial charge on any atom is 0.269 e. The second-order valence-corrected chi connectivity index (χ2v) is 5.10. The Bertz CT molecular complexity index is 751. The summed E-state index contributed by atoms with van der Waals surface area (Å²) in [6, 6.07) is 2.53. The molecule has 0 saturated heterocycles. The first-order chi connectivity index (χ1) is 10.4. The van der Waals surface area contributed by atoms with E-state index in [2.05, 4.69) is 5.32 Å². The van der Waals surface area contributed by atoms with E-state index in [1.54, 1.807) is 14.0 Å². The summed E-state index contributed by atoms with van der Waals surface area (Å²) in [5.74, 6) is -3.16. The highest BCUT2D eigenvalue weighted by atomic mass is 35.5. The second-order valence-electron chi connectivity index (χ2n) is 4.69. The Balaban J connectivity index is 2.90. The molecule has 0 spiro atoms. The third kappa shape index (κ3) is 2.89. The van der Waals surface area contributed by atoms with Crippen molar-refractivity contribution in [3.63, 3.8) is 0 Å². The number of rotatable bonds is 4. The zero-order valence-corrected chi connectivity index (χ0v) is 12.8. The lowest BCUT2D eigenvalue weighted by molar-refractivity contribution is 0.544. The first-order valence-corrected chi connectivity index (χ1v) is 7.00. The topological polar surface area (TPSA) is 34.0 Å². The predicted molar refractivity (Wildman–Crippen MR) is 79.5 cm³/mol. The van der Waals surface area contributed by atoms with Gasteiger partial charge >= 0.3 is 0 Å². The molecule has 0 amide bonds. The molecule has 0 radical (unpaired) electrons. The van der Waals surface area contributed by atoms with Gasteiger partial charge in [0.1, 0.15) is 22.5 Å². The van der Waals surface area contributed by atoms with Gasteiger partial charge in [0.05, 0.1) is 11.3 Å². The van der Waals surface area contributed by atoms with Crippen molar-refractivity contribution in [3.05, 3.63) is 56.6 Å². The molecule has 3 nitrogen and oxygen atoms in total. The van der Waals surface area contributed by atoms with E-state index in [-0.39, 0.29) is 23.8 Å². The quantitative estimate of drug-likeness (QED) is 0.933. The molecule has 0 atom stereocenters. The van der Waals surface area contributed by atoms with E-state index in [0.717, 1.165) is 0 Å². The number of halogens is 4. The standard InChI is InChI=1S/C15H14ClF3N2O/c1-3-21-14(8(7-20-2)4-10(16)15(21)22)13-11(18)5-9(17)6-12(13)19/h4-6,20H,3,7H2,1-2H3. The summed E-state index contributed by atoms with van der Waals surface area (Å²) in [5.41, 5.74) is -0.496. The average molecular weight is 331 g/mol. The molecule has 0 bridgehead atoms. The lowest BCUT2D eigenvalue weighted by Gasteiger charge is -2.18. The summed E-state index contributed by atoms with van der Waals surface area (Å²) in [6.07, 6.45) is 0. The maximum atomic E-state index is 14.1. The SMILES string of the molecule is CCn1c(-c2c(F)cc(F)cc2F)c(CNC)cc(Cl)c1=O. The molecule has 0 fully saturated rings.